The smallest absolute Gasteiger partial charge is 0.246 e. The summed E-state index contributed by atoms with van der Waals surface area (Å²) in [6.07, 6.45) is 3.24. The molecule has 0 unspecified atom stereocenters. The summed E-state index contributed by atoms with van der Waals surface area (Å²) >= 11 is 1.54. The highest BCUT2D eigenvalue weighted by Gasteiger charge is 2.43. The van der Waals surface area contributed by atoms with E-state index >= 15 is 0 Å². The van der Waals surface area contributed by atoms with Crippen LogP contribution in [0.25, 0.3) is 0 Å². The predicted octanol–water partition coefficient (Wildman–Crippen LogP) is 2.37. The minimum absolute atomic E-state index is 0.0466. The monoisotopic (exact) mass is 334 g/mol. The van der Waals surface area contributed by atoms with Crippen molar-refractivity contribution in [3.05, 3.63) is 29.8 Å². The molecule has 2 amide bonds. The lowest BCUT2D eigenvalue weighted by Crippen LogP contribution is -2.50. The van der Waals surface area contributed by atoms with Crippen LogP contribution < -0.4 is 0 Å². The van der Waals surface area contributed by atoms with Crippen molar-refractivity contribution in [1.29, 1.82) is 0 Å². The Labute approximate surface area is 140 Å². The number of carbonyl (C=O) groups excluding carboxylic acids is 2. The first-order chi connectivity index (χ1) is 11.1. The van der Waals surface area contributed by atoms with Crippen LogP contribution in [0.15, 0.2) is 24.3 Å². The summed E-state index contributed by atoms with van der Waals surface area (Å²) < 4.78 is 0. The van der Waals surface area contributed by atoms with Gasteiger partial charge in [-0.05, 0) is 25.3 Å². The summed E-state index contributed by atoms with van der Waals surface area (Å²) in [6, 6.07) is 6.60. The lowest BCUT2D eigenvalue weighted by molar-refractivity contribution is -0.144. The normalized spacial score (nSPS) is 24.7. The van der Waals surface area contributed by atoms with Crippen LogP contribution in [0.5, 0.6) is 5.75 Å². The van der Waals surface area contributed by atoms with Gasteiger partial charge in [0, 0.05) is 31.3 Å². The van der Waals surface area contributed by atoms with E-state index in [0.29, 0.717) is 11.3 Å². The molecule has 0 aromatic heterocycles. The number of likely N-dealkylation sites (tertiary alicyclic amines) is 1. The van der Waals surface area contributed by atoms with Crippen molar-refractivity contribution in [3.8, 4) is 5.75 Å². The van der Waals surface area contributed by atoms with Crippen LogP contribution in [0.3, 0.4) is 0 Å². The number of benzene rings is 1. The minimum atomic E-state index is -0.430. The zero-order valence-electron chi connectivity index (χ0n) is 13.3. The van der Waals surface area contributed by atoms with E-state index in [9.17, 15) is 14.7 Å². The third-order valence-electron chi connectivity index (χ3n) is 4.52. The molecule has 0 spiro atoms. The molecule has 0 saturated carbocycles. The lowest BCUT2D eigenvalue weighted by atomic mass is 10.1. The molecule has 2 aliphatic rings. The van der Waals surface area contributed by atoms with E-state index in [2.05, 4.69) is 0 Å². The topological polar surface area (TPSA) is 60.9 Å². The van der Waals surface area contributed by atoms with Crippen molar-refractivity contribution in [2.24, 2.45) is 0 Å². The first kappa shape index (κ1) is 16.2. The molecule has 6 heteroatoms. The van der Waals surface area contributed by atoms with Crippen molar-refractivity contribution in [3.63, 3.8) is 0 Å². The highest BCUT2D eigenvalue weighted by atomic mass is 32.2. The first-order valence-corrected chi connectivity index (χ1v) is 9.11. The van der Waals surface area contributed by atoms with Crippen molar-refractivity contribution in [1.82, 2.24) is 9.80 Å². The molecular formula is C17H22N2O3S. The van der Waals surface area contributed by atoms with Crippen LogP contribution in [0.2, 0.25) is 0 Å². The maximum Gasteiger partial charge on any atom is 0.246 e. The van der Waals surface area contributed by atoms with Gasteiger partial charge in [-0.2, -0.15) is 0 Å². The summed E-state index contributed by atoms with van der Waals surface area (Å²) in [7, 11) is 0. The van der Waals surface area contributed by atoms with E-state index in [4.69, 9.17) is 0 Å². The van der Waals surface area contributed by atoms with Crippen LogP contribution >= 0.6 is 11.8 Å². The molecule has 1 N–H and O–H groups in total. The Morgan fingerprint density at radius 1 is 1.17 bits per heavy atom. The molecule has 124 valence electrons. The average molecular weight is 334 g/mol. The van der Waals surface area contributed by atoms with Gasteiger partial charge in [-0.1, -0.05) is 18.2 Å². The van der Waals surface area contributed by atoms with Crippen LogP contribution in [-0.2, 0) is 9.59 Å². The van der Waals surface area contributed by atoms with Gasteiger partial charge < -0.3 is 14.9 Å². The molecule has 1 aromatic carbocycles. The Morgan fingerprint density at radius 2 is 1.87 bits per heavy atom. The second kappa shape index (κ2) is 6.83. The van der Waals surface area contributed by atoms with Crippen molar-refractivity contribution < 1.29 is 14.7 Å². The molecule has 0 aliphatic carbocycles. The first-order valence-electron chi connectivity index (χ1n) is 8.07. The van der Waals surface area contributed by atoms with Crippen LogP contribution in [0.1, 0.15) is 37.1 Å². The Hall–Kier alpha value is -1.69. The third-order valence-corrected chi connectivity index (χ3v) is 5.82. The molecule has 2 aliphatic heterocycles. The lowest BCUT2D eigenvalue weighted by Gasteiger charge is -2.33. The number of hydrogen-bond donors (Lipinski definition) is 1. The summed E-state index contributed by atoms with van der Waals surface area (Å²) in [4.78, 5) is 28.6. The molecule has 2 heterocycles. The van der Waals surface area contributed by atoms with Crippen LogP contribution in [0.4, 0.5) is 0 Å². The number of amides is 2. The van der Waals surface area contributed by atoms with Gasteiger partial charge >= 0.3 is 0 Å². The molecule has 2 atom stereocenters. The summed E-state index contributed by atoms with van der Waals surface area (Å²) in [5, 5.41) is 9.80. The van der Waals surface area contributed by atoms with E-state index in [0.717, 1.165) is 25.9 Å². The molecule has 5 nitrogen and oxygen atoms in total. The number of thioether (sulfide) groups is 1. The molecule has 0 bridgehead atoms. The molecule has 2 saturated heterocycles. The fourth-order valence-corrected chi connectivity index (χ4v) is 4.84. The van der Waals surface area contributed by atoms with E-state index in [1.54, 1.807) is 28.8 Å². The summed E-state index contributed by atoms with van der Waals surface area (Å²) in [5.74, 6) is 0.666. The van der Waals surface area contributed by atoms with Crippen molar-refractivity contribution in [2.45, 2.75) is 37.6 Å². The molecule has 0 radical (unpaired) electrons. The molecule has 2 fully saturated rings. The van der Waals surface area contributed by atoms with Crippen molar-refractivity contribution in [2.75, 3.05) is 18.8 Å². The number of phenolic OH excluding ortho intramolecular Hbond substituents is 1. The van der Waals surface area contributed by atoms with Crippen molar-refractivity contribution >= 4 is 23.6 Å². The Morgan fingerprint density at radius 3 is 2.52 bits per heavy atom. The van der Waals surface area contributed by atoms with Crippen LogP contribution in [-0.4, -0.2) is 51.6 Å². The van der Waals surface area contributed by atoms with Gasteiger partial charge in [-0.15, -0.1) is 11.8 Å². The zero-order valence-corrected chi connectivity index (χ0v) is 14.1. The molecule has 1 aromatic rings. The highest BCUT2D eigenvalue weighted by Crippen LogP contribution is 2.44. The average Bonchev–Trinajstić information content (AvgIpc) is 3.00. The highest BCUT2D eigenvalue weighted by molar-refractivity contribution is 7.99. The van der Waals surface area contributed by atoms with Gasteiger partial charge in [0.25, 0.3) is 0 Å². The van der Waals surface area contributed by atoms with E-state index in [1.807, 2.05) is 17.0 Å². The largest absolute Gasteiger partial charge is 0.508 e. The number of rotatable bonds is 2. The second-order valence-electron chi connectivity index (χ2n) is 6.07. The third kappa shape index (κ3) is 3.17. The van der Waals surface area contributed by atoms with E-state index in [-0.39, 0.29) is 22.9 Å². The van der Waals surface area contributed by atoms with Gasteiger partial charge in [-0.3, -0.25) is 9.59 Å². The Bertz CT molecular complexity index is 601. The molecule has 23 heavy (non-hydrogen) atoms. The fourth-order valence-electron chi connectivity index (χ4n) is 3.34. The number of carbonyl (C=O) groups is 2. The standard InChI is InChI=1S/C17H22N2O3S/c1-12(20)19-14(16(22)18-9-5-2-6-10-18)11-23-17(19)13-7-3-4-8-15(13)21/h3-4,7-8,14,17,21H,2,5-6,9-11H2,1H3/t14-,17-/m1/s1. The SMILES string of the molecule is CC(=O)N1[C@@H](C(=O)N2CCCCC2)CS[C@@H]1c1ccccc1O. The maximum atomic E-state index is 12.8. The quantitative estimate of drug-likeness (QED) is 0.902. The number of aromatic hydroxyl groups is 1. The fraction of sp³-hybridized carbons (Fsp3) is 0.529. The van der Waals surface area contributed by atoms with Crippen LogP contribution in [0, 0.1) is 0 Å². The Kier molecular flexibility index (Phi) is 4.80. The number of hydrogen-bond acceptors (Lipinski definition) is 4. The summed E-state index contributed by atoms with van der Waals surface area (Å²) in [5.41, 5.74) is 0.696. The molecular weight excluding hydrogens is 312 g/mol. The van der Waals surface area contributed by atoms with Gasteiger partial charge in [0.1, 0.15) is 17.2 Å². The number of para-hydroxylation sites is 1. The van der Waals surface area contributed by atoms with Gasteiger partial charge in [0.15, 0.2) is 0 Å². The van der Waals surface area contributed by atoms with E-state index in [1.165, 1.54) is 13.3 Å². The second-order valence-corrected chi connectivity index (χ2v) is 7.19. The van der Waals surface area contributed by atoms with Gasteiger partial charge in [0.05, 0.1) is 0 Å². The number of piperidine rings is 1. The summed E-state index contributed by atoms with van der Waals surface area (Å²) in [6.45, 7) is 3.06. The van der Waals surface area contributed by atoms with Gasteiger partial charge in [-0.25, -0.2) is 0 Å². The molecule has 3 rings (SSSR count). The van der Waals surface area contributed by atoms with E-state index < -0.39 is 6.04 Å². The Balaban J connectivity index is 1.84. The predicted molar refractivity (Wildman–Crippen MR) is 90.0 cm³/mol. The number of phenols is 1. The minimum Gasteiger partial charge on any atom is -0.508 e. The number of nitrogens with zero attached hydrogens (tertiary/aromatic N) is 2. The zero-order chi connectivity index (χ0) is 16.4. The van der Waals surface area contributed by atoms with Gasteiger partial charge in [0.2, 0.25) is 11.8 Å². The maximum absolute atomic E-state index is 12.8.